The van der Waals surface area contributed by atoms with Crippen molar-refractivity contribution in [2.24, 2.45) is 5.92 Å². The number of nitrogens with one attached hydrogen (secondary N) is 1. The van der Waals surface area contributed by atoms with E-state index in [-0.39, 0.29) is 0 Å². The fraction of sp³-hybridized carbons (Fsp3) is 0.368. The lowest BCUT2D eigenvalue weighted by Gasteiger charge is -2.19. The molecule has 0 aromatic heterocycles. The highest BCUT2D eigenvalue weighted by Gasteiger charge is 2.31. The topological polar surface area (TPSA) is 12.0 Å². The van der Waals surface area contributed by atoms with Crippen LogP contribution < -0.4 is 5.32 Å². The Bertz CT molecular complexity index is 549. The molecule has 104 valence electrons. The van der Waals surface area contributed by atoms with Gasteiger partial charge in [0.1, 0.15) is 0 Å². The molecule has 1 heteroatoms. The van der Waals surface area contributed by atoms with Crippen molar-refractivity contribution in [2.45, 2.75) is 39.3 Å². The van der Waals surface area contributed by atoms with E-state index in [1.54, 1.807) is 0 Å². The van der Waals surface area contributed by atoms with Crippen LogP contribution in [-0.2, 0) is 6.54 Å². The predicted molar refractivity (Wildman–Crippen MR) is 84.7 cm³/mol. The molecule has 1 aliphatic carbocycles. The van der Waals surface area contributed by atoms with E-state index in [1.807, 2.05) is 0 Å². The van der Waals surface area contributed by atoms with Gasteiger partial charge in [0.2, 0.25) is 0 Å². The Labute approximate surface area is 122 Å². The molecule has 0 saturated heterocycles. The van der Waals surface area contributed by atoms with Crippen LogP contribution in [-0.4, -0.2) is 0 Å². The van der Waals surface area contributed by atoms with Crippen molar-refractivity contribution in [3.8, 4) is 0 Å². The lowest BCUT2D eigenvalue weighted by Crippen LogP contribution is -2.22. The molecule has 1 atom stereocenters. The van der Waals surface area contributed by atoms with Crippen molar-refractivity contribution in [2.75, 3.05) is 0 Å². The van der Waals surface area contributed by atoms with Gasteiger partial charge in [-0.3, -0.25) is 0 Å². The average Bonchev–Trinajstić information content (AvgIpc) is 3.28. The molecule has 0 amide bonds. The molecular formula is C19H23N. The molecule has 20 heavy (non-hydrogen) atoms. The molecule has 2 aromatic rings. The lowest BCUT2D eigenvalue weighted by atomic mass is 10.0. The van der Waals surface area contributed by atoms with Crippen molar-refractivity contribution in [1.29, 1.82) is 0 Å². The number of hydrogen-bond acceptors (Lipinski definition) is 1. The second kappa shape index (κ2) is 5.80. The third kappa shape index (κ3) is 3.29. The first-order valence-electron chi connectivity index (χ1n) is 7.58. The van der Waals surface area contributed by atoms with Crippen molar-refractivity contribution in [3.05, 3.63) is 70.8 Å². The van der Waals surface area contributed by atoms with Crippen LogP contribution in [0.3, 0.4) is 0 Å². The van der Waals surface area contributed by atoms with Crippen LogP contribution in [0.1, 0.15) is 41.1 Å². The van der Waals surface area contributed by atoms with E-state index >= 15 is 0 Å². The van der Waals surface area contributed by atoms with E-state index in [2.05, 4.69) is 67.7 Å². The third-order valence-corrected chi connectivity index (χ3v) is 4.18. The van der Waals surface area contributed by atoms with E-state index in [9.17, 15) is 0 Å². The Morgan fingerprint density at radius 3 is 2.00 bits per heavy atom. The molecule has 1 unspecified atom stereocenters. The summed E-state index contributed by atoms with van der Waals surface area (Å²) < 4.78 is 0. The van der Waals surface area contributed by atoms with E-state index < -0.39 is 0 Å². The summed E-state index contributed by atoms with van der Waals surface area (Å²) in [5.74, 6) is 0.822. The first-order chi connectivity index (χ1) is 9.72. The molecule has 2 aromatic carbocycles. The maximum atomic E-state index is 3.75. The second-order valence-corrected chi connectivity index (χ2v) is 6.09. The zero-order valence-corrected chi connectivity index (χ0v) is 12.4. The van der Waals surface area contributed by atoms with Gasteiger partial charge in [-0.15, -0.1) is 0 Å². The van der Waals surface area contributed by atoms with Crippen LogP contribution in [0.15, 0.2) is 48.5 Å². The first-order valence-corrected chi connectivity index (χ1v) is 7.58. The molecule has 1 saturated carbocycles. The third-order valence-electron chi connectivity index (χ3n) is 4.18. The fourth-order valence-corrected chi connectivity index (χ4v) is 2.69. The van der Waals surface area contributed by atoms with E-state index in [1.165, 1.54) is 35.1 Å². The van der Waals surface area contributed by atoms with Gasteiger partial charge in [-0.25, -0.2) is 0 Å². The molecule has 1 nitrogen and oxygen atoms in total. The van der Waals surface area contributed by atoms with Gasteiger partial charge in [-0.05, 0) is 43.7 Å². The molecular weight excluding hydrogens is 242 g/mol. The van der Waals surface area contributed by atoms with E-state index in [0.717, 1.165) is 12.5 Å². The summed E-state index contributed by atoms with van der Waals surface area (Å²) in [4.78, 5) is 0. The highest BCUT2D eigenvalue weighted by atomic mass is 14.9. The van der Waals surface area contributed by atoms with Crippen molar-refractivity contribution in [1.82, 2.24) is 5.32 Å². The molecule has 1 fully saturated rings. The quantitative estimate of drug-likeness (QED) is 0.836. The number of benzene rings is 2. The van der Waals surface area contributed by atoms with E-state index in [4.69, 9.17) is 0 Å². The summed E-state index contributed by atoms with van der Waals surface area (Å²) in [7, 11) is 0. The number of hydrogen-bond donors (Lipinski definition) is 1. The van der Waals surface area contributed by atoms with Gasteiger partial charge in [-0.2, -0.15) is 0 Å². The van der Waals surface area contributed by atoms with Gasteiger partial charge in [0.05, 0.1) is 0 Å². The monoisotopic (exact) mass is 265 g/mol. The van der Waals surface area contributed by atoms with Gasteiger partial charge in [0.15, 0.2) is 0 Å². The molecule has 1 N–H and O–H groups in total. The Morgan fingerprint density at radius 1 is 0.900 bits per heavy atom. The summed E-state index contributed by atoms with van der Waals surface area (Å²) >= 11 is 0. The van der Waals surface area contributed by atoms with Crippen LogP contribution in [0.25, 0.3) is 0 Å². The van der Waals surface area contributed by atoms with Crippen LogP contribution in [0.2, 0.25) is 0 Å². The van der Waals surface area contributed by atoms with Gasteiger partial charge < -0.3 is 5.32 Å². The molecule has 3 rings (SSSR count). The Balaban J connectivity index is 1.68. The van der Waals surface area contributed by atoms with Gasteiger partial charge in [0.25, 0.3) is 0 Å². The molecule has 0 bridgehead atoms. The summed E-state index contributed by atoms with van der Waals surface area (Å²) in [6.45, 7) is 5.24. The zero-order valence-electron chi connectivity index (χ0n) is 12.4. The highest BCUT2D eigenvalue weighted by molar-refractivity contribution is 5.26. The average molecular weight is 265 g/mol. The maximum Gasteiger partial charge on any atom is 0.0351 e. The smallest absolute Gasteiger partial charge is 0.0351 e. The van der Waals surface area contributed by atoms with Crippen LogP contribution >= 0.6 is 0 Å². The maximum absolute atomic E-state index is 3.75. The van der Waals surface area contributed by atoms with Crippen LogP contribution in [0, 0.1) is 19.8 Å². The Morgan fingerprint density at radius 2 is 1.45 bits per heavy atom. The summed E-state index contributed by atoms with van der Waals surface area (Å²) in [6, 6.07) is 18.3. The Kier molecular flexibility index (Phi) is 3.88. The molecule has 0 aliphatic heterocycles. The predicted octanol–water partition coefficient (Wildman–Crippen LogP) is 4.54. The molecule has 0 heterocycles. The van der Waals surface area contributed by atoms with Crippen molar-refractivity contribution < 1.29 is 0 Å². The zero-order chi connectivity index (χ0) is 13.9. The van der Waals surface area contributed by atoms with Crippen LogP contribution in [0.4, 0.5) is 0 Å². The highest BCUT2D eigenvalue weighted by Crippen LogP contribution is 2.41. The minimum Gasteiger partial charge on any atom is -0.306 e. The first kappa shape index (κ1) is 13.4. The minimum atomic E-state index is 0.511. The van der Waals surface area contributed by atoms with Crippen LogP contribution in [0.5, 0.6) is 0 Å². The normalized spacial score (nSPS) is 16.1. The van der Waals surface area contributed by atoms with Gasteiger partial charge >= 0.3 is 0 Å². The van der Waals surface area contributed by atoms with Crippen molar-refractivity contribution in [3.63, 3.8) is 0 Å². The molecule has 0 spiro atoms. The van der Waals surface area contributed by atoms with Crippen molar-refractivity contribution >= 4 is 0 Å². The molecule has 0 radical (unpaired) electrons. The summed E-state index contributed by atoms with van der Waals surface area (Å²) in [5, 5.41) is 3.75. The van der Waals surface area contributed by atoms with Gasteiger partial charge in [-0.1, -0.05) is 59.7 Å². The van der Waals surface area contributed by atoms with E-state index in [0.29, 0.717) is 6.04 Å². The summed E-state index contributed by atoms with van der Waals surface area (Å²) in [5.41, 5.74) is 5.46. The number of rotatable bonds is 5. The standard InChI is InChI=1S/C19H23N/c1-14-3-7-16(8-4-14)13-20-19(18-11-12-18)17-9-5-15(2)6-10-17/h3-10,18-20H,11-13H2,1-2H3. The molecule has 1 aliphatic rings. The SMILES string of the molecule is Cc1ccc(CNC(c2ccc(C)cc2)C2CC2)cc1. The fourth-order valence-electron chi connectivity index (χ4n) is 2.69. The second-order valence-electron chi connectivity index (χ2n) is 6.09. The lowest BCUT2D eigenvalue weighted by molar-refractivity contribution is 0.480. The Hall–Kier alpha value is -1.60. The largest absolute Gasteiger partial charge is 0.306 e. The number of aryl methyl sites for hydroxylation is 2. The summed E-state index contributed by atoms with van der Waals surface area (Å²) in [6.07, 6.45) is 2.72. The minimum absolute atomic E-state index is 0.511. The van der Waals surface area contributed by atoms with Gasteiger partial charge in [0, 0.05) is 12.6 Å².